The maximum absolute atomic E-state index is 11.8. The minimum atomic E-state index is -0.271. The number of para-hydroxylation sites is 1. The van der Waals surface area contributed by atoms with Crippen LogP contribution in [-0.2, 0) is 9.59 Å². The number of hydrogen-bond acceptors (Lipinski definition) is 4. The van der Waals surface area contributed by atoms with Crippen molar-refractivity contribution in [3.63, 3.8) is 0 Å². The van der Waals surface area contributed by atoms with Gasteiger partial charge in [-0.3, -0.25) is 9.59 Å². The first-order chi connectivity index (χ1) is 10.7. The van der Waals surface area contributed by atoms with Gasteiger partial charge in [-0.1, -0.05) is 12.1 Å². The number of fused-ring (bicyclic) bond motifs is 1. The van der Waals surface area contributed by atoms with Crippen LogP contribution in [0.5, 0.6) is 0 Å². The van der Waals surface area contributed by atoms with Gasteiger partial charge in [-0.05, 0) is 31.1 Å². The van der Waals surface area contributed by atoms with Crippen LogP contribution in [0.3, 0.4) is 0 Å². The lowest BCUT2D eigenvalue weighted by molar-refractivity contribution is -0.131. The van der Waals surface area contributed by atoms with Crippen molar-refractivity contribution in [1.82, 2.24) is 15.2 Å². The fraction of sp³-hybridized carbons (Fsp3) is 0.312. The fourth-order valence-corrected chi connectivity index (χ4v) is 3.28. The second-order valence-electron chi connectivity index (χ2n) is 5.16. The average molecular weight is 315 g/mol. The maximum atomic E-state index is 11.8. The van der Waals surface area contributed by atoms with Gasteiger partial charge in [0.15, 0.2) is 0 Å². The Morgan fingerprint density at radius 3 is 2.82 bits per heavy atom. The largest absolute Gasteiger partial charge is 0.343 e. The third-order valence-electron chi connectivity index (χ3n) is 3.56. The number of carbonyl (C=O) groups excluding carboxylic acids is 2. The van der Waals surface area contributed by atoms with Crippen molar-refractivity contribution >= 4 is 39.4 Å². The van der Waals surface area contributed by atoms with Crippen molar-refractivity contribution in [3.05, 3.63) is 35.3 Å². The summed E-state index contributed by atoms with van der Waals surface area (Å²) in [7, 11) is 0. The van der Waals surface area contributed by atoms with E-state index in [1.807, 2.05) is 24.3 Å². The van der Waals surface area contributed by atoms with Crippen LogP contribution >= 0.6 is 11.3 Å². The zero-order valence-corrected chi connectivity index (χ0v) is 12.9. The second-order valence-corrected chi connectivity index (χ2v) is 6.22. The molecule has 2 heterocycles. The predicted octanol–water partition coefficient (Wildman–Crippen LogP) is 2.05. The number of rotatable bonds is 4. The summed E-state index contributed by atoms with van der Waals surface area (Å²) in [6, 6.07) is 7.84. The molecule has 5 nitrogen and oxygen atoms in total. The lowest BCUT2D eigenvalue weighted by atomic mass is 10.3. The van der Waals surface area contributed by atoms with Crippen LogP contribution in [0, 0.1) is 0 Å². The van der Waals surface area contributed by atoms with E-state index < -0.39 is 0 Å². The number of hydrogen-bond donors (Lipinski definition) is 1. The lowest BCUT2D eigenvalue weighted by Gasteiger charge is -2.14. The van der Waals surface area contributed by atoms with E-state index in [1.54, 1.807) is 11.0 Å². The molecule has 1 aromatic heterocycles. The minimum Gasteiger partial charge on any atom is -0.343 e. The van der Waals surface area contributed by atoms with Crippen molar-refractivity contribution in [2.75, 3.05) is 19.6 Å². The van der Waals surface area contributed by atoms with Gasteiger partial charge in [0.1, 0.15) is 5.01 Å². The van der Waals surface area contributed by atoms with E-state index in [0.29, 0.717) is 0 Å². The molecule has 1 aliphatic rings. The number of thiazole rings is 1. The number of nitrogens with one attached hydrogen (secondary N) is 1. The summed E-state index contributed by atoms with van der Waals surface area (Å²) < 4.78 is 1.09. The number of aromatic nitrogens is 1. The number of benzene rings is 1. The van der Waals surface area contributed by atoms with Gasteiger partial charge < -0.3 is 10.2 Å². The van der Waals surface area contributed by atoms with E-state index in [0.717, 1.165) is 41.2 Å². The normalized spacial score (nSPS) is 14.8. The third kappa shape index (κ3) is 3.51. The van der Waals surface area contributed by atoms with Crippen LogP contribution in [0.25, 0.3) is 16.3 Å². The number of amides is 2. The van der Waals surface area contributed by atoms with Gasteiger partial charge in [-0.2, -0.15) is 0 Å². The molecule has 0 bridgehead atoms. The maximum Gasteiger partial charge on any atom is 0.244 e. The Bertz CT molecular complexity index is 684. The first kappa shape index (κ1) is 14.7. The molecule has 0 atom stereocenters. The Morgan fingerprint density at radius 1 is 1.27 bits per heavy atom. The Morgan fingerprint density at radius 2 is 2.05 bits per heavy atom. The van der Waals surface area contributed by atoms with E-state index in [4.69, 9.17) is 0 Å². The summed E-state index contributed by atoms with van der Waals surface area (Å²) in [6.07, 6.45) is 5.21. The molecule has 0 aliphatic carbocycles. The molecule has 0 unspecified atom stereocenters. The first-order valence-corrected chi connectivity index (χ1v) is 8.13. The topological polar surface area (TPSA) is 62.3 Å². The van der Waals surface area contributed by atoms with Crippen LogP contribution in [0.2, 0.25) is 0 Å². The Hall–Kier alpha value is -2.21. The van der Waals surface area contributed by atoms with Gasteiger partial charge in [0.2, 0.25) is 11.8 Å². The molecule has 3 rings (SSSR count). The molecule has 1 aliphatic heterocycles. The minimum absolute atomic E-state index is 0.0146. The second kappa shape index (κ2) is 6.70. The molecule has 6 heteroatoms. The molecule has 22 heavy (non-hydrogen) atoms. The summed E-state index contributed by atoms with van der Waals surface area (Å²) in [5.41, 5.74) is 0.928. The number of likely N-dealkylation sites (tertiary alicyclic amines) is 1. The zero-order chi connectivity index (χ0) is 15.4. The molecule has 1 aromatic carbocycles. The molecule has 114 valence electrons. The number of nitrogens with zero attached hydrogens (tertiary/aromatic N) is 2. The van der Waals surface area contributed by atoms with E-state index in [-0.39, 0.29) is 18.4 Å². The summed E-state index contributed by atoms with van der Waals surface area (Å²) in [4.78, 5) is 29.8. The van der Waals surface area contributed by atoms with Gasteiger partial charge in [0.25, 0.3) is 0 Å². The summed E-state index contributed by atoms with van der Waals surface area (Å²) in [5.74, 6) is -0.286. The number of carbonyl (C=O) groups is 2. The molecule has 1 N–H and O–H groups in total. The van der Waals surface area contributed by atoms with E-state index >= 15 is 0 Å². The quantitative estimate of drug-likeness (QED) is 0.878. The third-order valence-corrected chi connectivity index (χ3v) is 4.56. The van der Waals surface area contributed by atoms with Crippen molar-refractivity contribution in [1.29, 1.82) is 0 Å². The monoisotopic (exact) mass is 315 g/mol. The highest BCUT2D eigenvalue weighted by atomic mass is 32.1. The Balaban J connectivity index is 1.53. The Labute approximate surface area is 132 Å². The molecule has 0 spiro atoms. The van der Waals surface area contributed by atoms with E-state index in [1.165, 1.54) is 17.4 Å². The smallest absolute Gasteiger partial charge is 0.244 e. The van der Waals surface area contributed by atoms with Crippen LogP contribution in [0.1, 0.15) is 17.8 Å². The molecule has 0 saturated carbocycles. The molecular weight excluding hydrogens is 298 g/mol. The molecule has 1 fully saturated rings. The zero-order valence-electron chi connectivity index (χ0n) is 12.1. The van der Waals surface area contributed by atoms with Crippen LogP contribution in [0.15, 0.2) is 30.3 Å². The van der Waals surface area contributed by atoms with Crippen molar-refractivity contribution < 1.29 is 9.59 Å². The Kier molecular flexibility index (Phi) is 4.48. The standard InChI is InChI=1S/C16H17N3O2S/c20-14(17-11-16(21)19-9-3-4-10-19)7-8-15-18-12-5-1-2-6-13(12)22-15/h1-2,5-8H,3-4,9-11H2,(H,17,20)/b8-7+. The van der Waals surface area contributed by atoms with Crippen LogP contribution < -0.4 is 5.32 Å². The average Bonchev–Trinajstić information content (AvgIpc) is 3.19. The fourth-order valence-electron chi connectivity index (χ4n) is 2.41. The molecule has 2 amide bonds. The molecular formula is C16H17N3O2S. The van der Waals surface area contributed by atoms with Gasteiger partial charge in [0.05, 0.1) is 16.8 Å². The van der Waals surface area contributed by atoms with Crippen molar-refractivity contribution in [2.24, 2.45) is 0 Å². The highest BCUT2D eigenvalue weighted by molar-refractivity contribution is 7.19. The van der Waals surface area contributed by atoms with Crippen LogP contribution in [-0.4, -0.2) is 41.3 Å². The van der Waals surface area contributed by atoms with E-state index in [9.17, 15) is 9.59 Å². The summed E-state index contributed by atoms with van der Waals surface area (Å²) in [5, 5.41) is 3.40. The first-order valence-electron chi connectivity index (χ1n) is 7.31. The van der Waals surface area contributed by atoms with Gasteiger partial charge in [-0.25, -0.2) is 4.98 Å². The van der Waals surface area contributed by atoms with Gasteiger partial charge in [0, 0.05) is 19.2 Å². The van der Waals surface area contributed by atoms with Gasteiger partial charge in [-0.15, -0.1) is 11.3 Å². The summed E-state index contributed by atoms with van der Waals surface area (Å²) in [6.45, 7) is 1.66. The molecule has 0 radical (unpaired) electrons. The highest BCUT2D eigenvalue weighted by Gasteiger charge is 2.17. The molecule has 2 aromatic rings. The highest BCUT2D eigenvalue weighted by Crippen LogP contribution is 2.22. The summed E-state index contributed by atoms with van der Waals surface area (Å²) >= 11 is 1.53. The van der Waals surface area contributed by atoms with Crippen molar-refractivity contribution in [2.45, 2.75) is 12.8 Å². The SMILES string of the molecule is O=C(/C=C/c1nc2ccccc2s1)NCC(=O)N1CCCC1. The predicted molar refractivity (Wildman–Crippen MR) is 87.5 cm³/mol. The van der Waals surface area contributed by atoms with Gasteiger partial charge >= 0.3 is 0 Å². The van der Waals surface area contributed by atoms with Crippen molar-refractivity contribution in [3.8, 4) is 0 Å². The van der Waals surface area contributed by atoms with Crippen LogP contribution in [0.4, 0.5) is 0 Å². The van der Waals surface area contributed by atoms with E-state index in [2.05, 4.69) is 10.3 Å². The molecule has 1 saturated heterocycles. The lowest BCUT2D eigenvalue weighted by Crippen LogP contribution is -2.38.